The van der Waals surface area contributed by atoms with Gasteiger partial charge in [-0.25, -0.2) is 4.98 Å². The highest BCUT2D eigenvalue weighted by Gasteiger charge is 2.17. The summed E-state index contributed by atoms with van der Waals surface area (Å²) < 4.78 is 30.6. The predicted molar refractivity (Wildman–Crippen MR) is 103 cm³/mol. The summed E-state index contributed by atoms with van der Waals surface area (Å²) in [6.45, 7) is 2.17. The van der Waals surface area contributed by atoms with Gasteiger partial charge in [0, 0.05) is 17.6 Å². The number of hydrogen-bond donors (Lipinski definition) is 2. The van der Waals surface area contributed by atoms with Crippen LogP contribution in [0.1, 0.15) is 28.8 Å². The van der Waals surface area contributed by atoms with Crippen LogP contribution in [0, 0.1) is 6.92 Å². The molecule has 2 aromatic rings. The van der Waals surface area contributed by atoms with Crippen molar-refractivity contribution in [1.29, 1.82) is 0 Å². The van der Waals surface area contributed by atoms with E-state index in [1.54, 1.807) is 18.2 Å². The molecule has 0 radical (unpaired) electrons. The van der Waals surface area contributed by atoms with E-state index in [0.29, 0.717) is 23.8 Å². The van der Waals surface area contributed by atoms with E-state index in [9.17, 15) is 18.4 Å². The minimum absolute atomic E-state index is 0.0466. The van der Waals surface area contributed by atoms with Crippen LogP contribution in [0.4, 0.5) is 8.78 Å². The average Bonchev–Trinajstić information content (AvgIpc) is 2.64. The smallest absolute Gasteiger partial charge is 0.290 e. The van der Waals surface area contributed by atoms with Crippen LogP contribution in [-0.4, -0.2) is 29.2 Å². The van der Waals surface area contributed by atoms with Crippen molar-refractivity contribution in [2.75, 3.05) is 6.61 Å². The normalized spacial score (nSPS) is 10.6. The molecule has 2 amide bonds. The summed E-state index contributed by atoms with van der Waals surface area (Å²) in [5.74, 6) is -3.19. The van der Waals surface area contributed by atoms with E-state index in [1.807, 2.05) is 6.92 Å². The first-order chi connectivity index (χ1) is 13.4. The Labute approximate surface area is 170 Å². The molecule has 10 heteroatoms. The van der Waals surface area contributed by atoms with Gasteiger partial charge in [0.25, 0.3) is 11.7 Å². The van der Waals surface area contributed by atoms with Crippen molar-refractivity contribution in [1.82, 2.24) is 15.8 Å². The van der Waals surface area contributed by atoms with E-state index < -0.39 is 17.6 Å². The molecule has 0 aliphatic heterocycles. The quantitative estimate of drug-likeness (QED) is 0.377. The zero-order valence-corrected chi connectivity index (χ0v) is 16.4. The van der Waals surface area contributed by atoms with E-state index in [-0.39, 0.29) is 28.8 Å². The number of amides is 2. The molecule has 0 unspecified atom stereocenters. The lowest BCUT2D eigenvalue weighted by atomic mass is 10.2. The first kappa shape index (κ1) is 21.9. The summed E-state index contributed by atoms with van der Waals surface area (Å²) >= 11 is 6.04. The Balaban J connectivity index is 1.74. The molecule has 1 aromatic heterocycles. The van der Waals surface area contributed by atoms with E-state index in [4.69, 9.17) is 16.3 Å². The van der Waals surface area contributed by atoms with Gasteiger partial charge in [-0.15, -0.1) is 0 Å². The van der Waals surface area contributed by atoms with Crippen LogP contribution in [0.2, 0.25) is 5.02 Å². The van der Waals surface area contributed by atoms with Crippen molar-refractivity contribution >= 4 is 35.2 Å². The van der Waals surface area contributed by atoms with Crippen LogP contribution in [0.3, 0.4) is 0 Å². The molecule has 0 aliphatic rings. The summed E-state index contributed by atoms with van der Waals surface area (Å²) in [7, 11) is 0. The molecule has 0 saturated carbocycles. The van der Waals surface area contributed by atoms with Crippen LogP contribution >= 0.6 is 23.4 Å². The fourth-order valence-electron chi connectivity index (χ4n) is 2.19. The molecule has 150 valence electrons. The molecular weight excluding hydrogens is 412 g/mol. The highest BCUT2D eigenvalue weighted by molar-refractivity contribution is 7.99. The number of carbonyl (C=O) groups excluding carboxylic acids is 2. The van der Waals surface area contributed by atoms with E-state index >= 15 is 0 Å². The number of nitrogens with zero attached hydrogens (tertiary/aromatic N) is 1. The highest BCUT2D eigenvalue weighted by Crippen LogP contribution is 2.26. The van der Waals surface area contributed by atoms with Crippen molar-refractivity contribution in [2.45, 2.75) is 30.5 Å². The van der Waals surface area contributed by atoms with Gasteiger partial charge in [-0.3, -0.25) is 20.4 Å². The maximum absolute atomic E-state index is 12.5. The summed E-state index contributed by atoms with van der Waals surface area (Å²) in [6.07, 6.45) is 1.84. The SMILES string of the molecule is Cc1cc(Cl)ccc1OCCCC(=O)NNC(=O)c1cccnc1SC(F)F. The van der Waals surface area contributed by atoms with Gasteiger partial charge in [0.05, 0.1) is 12.2 Å². The van der Waals surface area contributed by atoms with E-state index in [2.05, 4.69) is 15.8 Å². The van der Waals surface area contributed by atoms with Crippen LogP contribution in [0.15, 0.2) is 41.6 Å². The summed E-state index contributed by atoms with van der Waals surface area (Å²) in [5, 5.41) is 0.500. The maximum atomic E-state index is 12.5. The number of hydrogen-bond acceptors (Lipinski definition) is 5. The molecule has 0 bridgehead atoms. The van der Waals surface area contributed by atoms with Crippen LogP contribution < -0.4 is 15.6 Å². The van der Waals surface area contributed by atoms with Gasteiger partial charge >= 0.3 is 0 Å². The second-order valence-corrected chi connectivity index (χ2v) is 7.01. The van der Waals surface area contributed by atoms with Crippen LogP contribution in [0.25, 0.3) is 0 Å². The van der Waals surface area contributed by atoms with Gasteiger partial charge in [-0.1, -0.05) is 11.6 Å². The third kappa shape index (κ3) is 6.97. The van der Waals surface area contributed by atoms with Gasteiger partial charge in [0.1, 0.15) is 10.8 Å². The molecule has 0 aliphatic carbocycles. The zero-order chi connectivity index (χ0) is 20.5. The number of hydrazine groups is 1. The Morgan fingerprint density at radius 2 is 2.07 bits per heavy atom. The highest BCUT2D eigenvalue weighted by atomic mass is 35.5. The summed E-state index contributed by atoms with van der Waals surface area (Å²) in [5.41, 5.74) is 5.28. The van der Waals surface area contributed by atoms with Crippen LogP contribution in [-0.2, 0) is 4.79 Å². The molecule has 0 atom stereocenters. The molecule has 0 spiro atoms. The topological polar surface area (TPSA) is 80.3 Å². The van der Waals surface area contributed by atoms with Gasteiger partial charge in [0.2, 0.25) is 5.91 Å². The van der Waals surface area contributed by atoms with Crippen molar-refractivity contribution in [3.8, 4) is 5.75 Å². The van der Waals surface area contributed by atoms with Crippen molar-refractivity contribution in [3.63, 3.8) is 0 Å². The van der Waals surface area contributed by atoms with Crippen molar-refractivity contribution in [3.05, 3.63) is 52.7 Å². The number of nitrogens with one attached hydrogen (secondary N) is 2. The number of benzene rings is 1. The fourth-order valence-corrected chi connectivity index (χ4v) is 2.99. The lowest BCUT2D eigenvalue weighted by molar-refractivity contribution is -0.122. The Morgan fingerprint density at radius 1 is 1.29 bits per heavy atom. The number of pyridine rings is 1. The standard InChI is InChI=1S/C18H18ClF2N3O3S/c1-11-10-12(19)6-7-14(11)27-9-3-5-15(25)23-24-16(26)13-4-2-8-22-17(13)28-18(20)21/h2,4,6-8,10,18H,3,5,9H2,1H3,(H,23,25)(H,24,26). The van der Waals surface area contributed by atoms with Gasteiger partial charge in [0.15, 0.2) is 0 Å². The van der Waals surface area contributed by atoms with E-state index in [1.165, 1.54) is 18.3 Å². The fraction of sp³-hybridized carbons (Fsp3) is 0.278. The monoisotopic (exact) mass is 429 g/mol. The molecule has 1 aromatic carbocycles. The number of ether oxygens (including phenoxy) is 1. The third-order valence-electron chi connectivity index (χ3n) is 3.47. The number of carbonyl (C=O) groups is 2. The zero-order valence-electron chi connectivity index (χ0n) is 14.9. The second-order valence-electron chi connectivity index (χ2n) is 5.60. The average molecular weight is 430 g/mol. The Bertz CT molecular complexity index is 839. The molecule has 1 heterocycles. The lowest BCUT2D eigenvalue weighted by Gasteiger charge is -2.11. The number of halogens is 3. The molecule has 6 nitrogen and oxygen atoms in total. The Kier molecular flexibility index (Phi) is 8.46. The molecule has 0 fully saturated rings. The molecular formula is C18H18ClF2N3O3S. The predicted octanol–water partition coefficient (Wildman–Crippen LogP) is 3.98. The van der Waals surface area contributed by atoms with Gasteiger partial charge in [-0.2, -0.15) is 8.78 Å². The largest absolute Gasteiger partial charge is 0.493 e. The molecule has 2 rings (SSSR count). The van der Waals surface area contributed by atoms with Gasteiger partial charge in [-0.05, 0) is 61.0 Å². The first-order valence-electron chi connectivity index (χ1n) is 8.25. The summed E-state index contributed by atoms with van der Waals surface area (Å²) in [6, 6.07) is 8.04. The Morgan fingerprint density at radius 3 is 2.79 bits per heavy atom. The minimum atomic E-state index is -2.71. The number of thioether (sulfide) groups is 1. The number of rotatable bonds is 8. The summed E-state index contributed by atoms with van der Waals surface area (Å²) in [4.78, 5) is 27.7. The molecule has 0 saturated heterocycles. The number of aryl methyl sites for hydroxylation is 1. The number of aromatic nitrogens is 1. The van der Waals surface area contributed by atoms with Gasteiger partial charge < -0.3 is 4.74 Å². The maximum Gasteiger partial charge on any atom is 0.290 e. The molecule has 28 heavy (non-hydrogen) atoms. The van der Waals surface area contributed by atoms with Crippen molar-refractivity contribution < 1.29 is 23.1 Å². The lowest BCUT2D eigenvalue weighted by Crippen LogP contribution is -2.41. The first-order valence-corrected chi connectivity index (χ1v) is 9.50. The minimum Gasteiger partial charge on any atom is -0.493 e. The number of alkyl halides is 2. The second kappa shape index (κ2) is 10.8. The third-order valence-corrected chi connectivity index (χ3v) is 4.44. The van der Waals surface area contributed by atoms with E-state index in [0.717, 1.165) is 5.56 Å². The van der Waals surface area contributed by atoms with Crippen LogP contribution in [0.5, 0.6) is 5.75 Å². The Hall–Kier alpha value is -2.39. The van der Waals surface area contributed by atoms with Crippen molar-refractivity contribution in [2.24, 2.45) is 0 Å². The molecule has 2 N–H and O–H groups in total.